The molecule has 2 aromatic carbocycles. The molecule has 2 heterocycles. The molecule has 0 atom stereocenters. The lowest BCUT2D eigenvalue weighted by atomic mass is 10.1. The number of para-hydroxylation sites is 1. The molecule has 2 aromatic heterocycles. The lowest BCUT2D eigenvalue weighted by Crippen LogP contribution is -2.24. The predicted molar refractivity (Wildman–Crippen MR) is 133 cm³/mol. The molecular formula is C26H25N3O4S. The van der Waals surface area contributed by atoms with Gasteiger partial charge in [-0.05, 0) is 54.4 Å². The third-order valence-electron chi connectivity index (χ3n) is 5.14. The van der Waals surface area contributed by atoms with E-state index in [0.717, 1.165) is 0 Å². The average Bonchev–Trinajstić information content (AvgIpc) is 3.33. The quantitative estimate of drug-likeness (QED) is 0.208. The summed E-state index contributed by atoms with van der Waals surface area (Å²) in [6, 6.07) is 17.5. The maximum Gasteiger partial charge on any atom is 0.262 e. The van der Waals surface area contributed by atoms with Crippen molar-refractivity contribution in [2.45, 2.75) is 32.0 Å². The zero-order valence-electron chi connectivity index (χ0n) is 19.0. The van der Waals surface area contributed by atoms with E-state index in [4.69, 9.17) is 4.42 Å². The van der Waals surface area contributed by atoms with Crippen molar-refractivity contribution in [3.05, 3.63) is 88.6 Å². The van der Waals surface area contributed by atoms with Gasteiger partial charge in [-0.3, -0.25) is 19.0 Å². The molecule has 8 heteroatoms. The Morgan fingerprint density at radius 2 is 1.82 bits per heavy atom. The van der Waals surface area contributed by atoms with Crippen LogP contribution in [-0.4, -0.2) is 27.0 Å². The highest BCUT2D eigenvalue weighted by molar-refractivity contribution is 7.99. The Morgan fingerprint density at radius 3 is 2.53 bits per heavy atom. The lowest BCUT2D eigenvalue weighted by molar-refractivity contribution is -0.116. The van der Waals surface area contributed by atoms with Gasteiger partial charge >= 0.3 is 0 Å². The normalized spacial score (nSPS) is 11.1. The van der Waals surface area contributed by atoms with Gasteiger partial charge in [0.05, 0.1) is 29.5 Å². The molecule has 174 valence electrons. The predicted octanol–water partition coefficient (Wildman–Crippen LogP) is 5.00. The molecule has 0 unspecified atom stereocenters. The van der Waals surface area contributed by atoms with E-state index in [1.807, 2.05) is 19.9 Å². The van der Waals surface area contributed by atoms with Gasteiger partial charge in [-0.2, -0.15) is 0 Å². The third-order valence-corrected chi connectivity index (χ3v) is 6.11. The number of furan rings is 1. The van der Waals surface area contributed by atoms with Crippen LogP contribution in [0.1, 0.15) is 36.4 Å². The van der Waals surface area contributed by atoms with Crippen LogP contribution in [0.2, 0.25) is 0 Å². The number of benzene rings is 2. The van der Waals surface area contributed by atoms with Crippen LogP contribution in [0, 0.1) is 5.92 Å². The number of nitrogens with zero attached hydrogens (tertiary/aromatic N) is 2. The molecule has 0 bridgehead atoms. The van der Waals surface area contributed by atoms with Gasteiger partial charge in [-0.15, -0.1) is 0 Å². The zero-order valence-corrected chi connectivity index (χ0v) is 19.8. The molecule has 4 aromatic rings. The van der Waals surface area contributed by atoms with Crippen LogP contribution in [0.5, 0.6) is 0 Å². The summed E-state index contributed by atoms with van der Waals surface area (Å²) in [5.74, 6) is 0.856. The van der Waals surface area contributed by atoms with Crippen LogP contribution in [0.25, 0.3) is 10.9 Å². The smallest absolute Gasteiger partial charge is 0.262 e. The van der Waals surface area contributed by atoms with Crippen molar-refractivity contribution in [2.75, 3.05) is 11.1 Å². The van der Waals surface area contributed by atoms with Gasteiger partial charge in [0.15, 0.2) is 10.9 Å². The molecule has 0 radical (unpaired) electrons. The van der Waals surface area contributed by atoms with Gasteiger partial charge in [0.1, 0.15) is 5.76 Å². The number of nitrogens with one attached hydrogen (secondary N) is 1. The summed E-state index contributed by atoms with van der Waals surface area (Å²) in [7, 11) is 0. The first-order valence-corrected chi connectivity index (χ1v) is 12.0. The molecule has 0 saturated heterocycles. The fraction of sp³-hybridized carbons (Fsp3) is 0.231. The van der Waals surface area contributed by atoms with Crippen molar-refractivity contribution in [2.24, 2.45) is 5.92 Å². The number of ketones is 1. The number of Topliss-reactive ketones (excluding diaryl/α,β-unsaturated/α-hetero) is 1. The SMILES string of the molecule is CC(C)CC(=O)Nc1ccc(C(=O)CSc2nc3ccccc3c(=O)n2Cc2ccco2)cc1. The minimum Gasteiger partial charge on any atom is -0.467 e. The number of thioether (sulfide) groups is 1. The Morgan fingerprint density at radius 1 is 1.06 bits per heavy atom. The highest BCUT2D eigenvalue weighted by Gasteiger charge is 2.15. The van der Waals surface area contributed by atoms with Crippen LogP contribution in [-0.2, 0) is 11.3 Å². The van der Waals surface area contributed by atoms with Gasteiger partial charge in [-0.25, -0.2) is 4.98 Å². The molecule has 34 heavy (non-hydrogen) atoms. The van der Waals surface area contributed by atoms with E-state index in [1.54, 1.807) is 60.9 Å². The Labute approximate surface area is 201 Å². The minimum atomic E-state index is -0.182. The third kappa shape index (κ3) is 5.63. The Hall–Kier alpha value is -3.65. The first-order valence-electron chi connectivity index (χ1n) is 11.0. The van der Waals surface area contributed by atoms with Crippen molar-refractivity contribution in [3.63, 3.8) is 0 Å². The van der Waals surface area contributed by atoms with Crippen molar-refractivity contribution in [3.8, 4) is 0 Å². The highest BCUT2D eigenvalue weighted by atomic mass is 32.2. The zero-order chi connectivity index (χ0) is 24.1. The van der Waals surface area contributed by atoms with Gasteiger partial charge in [0.2, 0.25) is 5.91 Å². The van der Waals surface area contributed by atoms with Crippen molar-refractivity contribution < 1.29 is 14.0 Å². The minimum absolute atomic E-state index is 0.0541. The van der Waals surface area contributed by atoms with Crippen molar-refractivity contribution in [1.82, 2.24) is 9.55 Å². The molecule has 1 amide bonds. The van der Waals surface area contributed by atoms with E-state index >= 15 is 0 Å². The fourth-order valence-electron chi connectivity index (χ4n) is 3.49. The van der Waals surface area contributed by atoms with Gasteiger partial charge in [0, 0.05) is 17.7 Å². The molecule has 0 fully saturated rings. The second-order valence-electron chi connectivity index (χ2n) is 8.32. The first-order chi connectivity index (χ1) is 16.4. The van der Waals surface area contributed by atoms with Crippen molar-refractivity contribution >= 4 is 40.0 Å². The summed E-state index contributed by atoms with van der Waals surface area (Å²) in [6.07, 6.45) is 2.00. The summed E-state index contributed by atoms with van der Waals surface area (Å²) in [6.45, 7) is 4.19. The van der Waals surface area contributed by atoms with E-state index in [-0.39, 0.29) is 35.5 Å². The van der Waals surface area contributed by atoms with E-state index in [9.17, 15) is 14.4 Å². The molecule has 7 nitrogen and oxygen atoms in total. The number of carbonyl (C=O) groups is 2. The lowest BCUT2D eigenvalue weighted by Gasteiger charge is -2.12. The van der Waals surface area contributed by atoms with Gasteiger partial charge in [-0.1, -0.05) is 37.7 Å². The Balaban J connectivity index is 1.51. The molecule has 0 aliphatic carbocycles. The summed E-state index contributed by atoms with van der Waals surface area (Å²) < 4.78 is 6.95. The summed E-state index contributed by atoms with van der Waals surface area (Å²) in [4.78, 5) is 42.5. The molecule has 0 aliphatic rings. The van der Waals surface area contributed by atoms with E-state index < -0.39 is 0 Å². The highest BCUT2D eigenvalue weighted by Crippen LogP contribution is 2.21. The number of carbonyl (C=O) groups excluding carboxylic acids is 2. The Bertz CT molecular complexity index is 1360. The standard InChI is InChI=1S/C26H25N3O4S/c1-17(2)14-24(31)27-19-11-9-18(10-12-19)23(30)16-34-26-28-22-8-4-3-7-21(22)25(32)29(26)15-20-6-5-13-33-20/h3-13,17H,14-16H2,1-2H3,(H,27,31). The second kappa shape index (κ2) is 10.5. The molecule has 0 spiro atoms. The molecule has 4 rings (SSSR count). The number of amides is 1. The maximum atomic E-state index is 13.1. The largest absolute Gasteiger partial charge is 0.467 e. The van der Waals surface area contributed by atoms with Gasteiger partial charge < -0.3 is 9.73 Å². The van der Waals surface area contributed by atoms with E-state index in [0.29, 0.717) is 39.5 Å². The summed E-state index contributed by atoms with van der Waals surface area (Å²) in [5.41, 5.74) is 1.58. The summed E-state index contributed by atoms with van der Waals surface area (Å²) in [5, 5.41) is 3.80. The van der Waals surface area contributed by atoms with Crippen LogP contribution in [0.4, 0.5) is 5.69 Å². The fourth-order valence-corrected chi connectivity index (χ4v) is 4.38. The number of aromatic nitrogens is 2. The topological polar surface area (TPSA) is 94.2 Å². The Kier molecular flexibility index (Phi) is 7.27. The number of rotatable bonds is 9. The van der Waals surface area contributed by atoms with Crippen LogP contribution < -0.4 is 10.9 Å². The average molecular weight is 476 g/mol. The number of anilines is 1. The molecule has 1 N–H and O–H groups in total. The van der Waals surface area contributed by atoms with E-state index in [2.05, 4.69) is 10.3 Å². The van der Waals surface area contributed by atoms with Crippen molar-refractivity contribution in [1.29, 1.82) is 0 Å². The number of hydrogen-bond donors (Lipinski definition) is 1. The molecule has 0 aliphatic heterocycles. The van der Waals surface area contributed by atoms with Crippen LogP contribution in [0.15, 0.2) is 81.3 Å². The van der Waals surface area contributed by atoms with Gasteiger partial charge in [0.25, 0.3) is 5.56 Å². The van der Waals surface area contributed by atoms with Crippen LogP contribution >= 0.6 is 11.8 Å². The van der Waals surface area contributed by atoms with E-state index in [1.165, 1.54) is 16.3 Å². The summed E-state index contributed by atoms with van der Waals surface area (Å²) >= 11 is 1.21. The molecular weight excluding hydrogens is 450 g/mol. The number of fused-ring (bicyclic) bond motifs is 1. The first kappa shape index (κ1) is 23.5. The molecule has 0 saturated carbocycles. The second-order valence-corrected chi connectivity index (χ2v) is 9.26. The maximum absolute atomic E-state index is 13.1. The number of hydrogen-bond acceptors (Lipinski definition) is 6. The van der Waals surface area contributed by atoms with Crippen LogP contribution in [0.3, 0.4) is 0 Å². The monoisotopic (exact) mass is 475 g/mol.